The second-order valence-corrected chi connectivity index (χ2v) is 7.39. The first-order valence-corrected chi connectivity index (χ1v) is 9.48. The van der Waals surface area contributed by atoms with E-state index in [-0.39, 0.29) is 29.4 Å². The number of hydrogen-bond acceptors (Lipinski definition) is 6. The number of halogens is 1. The summed E-state index contributed by atoms with van der Waals surface area (Å²) >= 11 is 3.45. The highest BCUT2D eigenvalue weighted by atomic mass is 79.9. The lowest BCUT2D eigenvalue weighted by molar-refractivity contribution is -0.135. The minimum absolute atomic E-state index is 0.000580. The molecule has 0 saturated carbocycles. The van der Waals surface area contributed by atoms with Crippen LogP contribution in [0.4, 0.5) is 0 Å². The molecule has 148 valence electrons. The first kappa shape index (κ1) is 20.0. The Kier molecular flexibility index (Phi) is 5.79. The van der Waals surface area contributed by atoms with Gasteiger partial charge < -0.3 is 19.3 Å². The number of hydrazone groups is 1. The molecule has 8 heteroatoms. The molecule has 1 atom stereocenters. The number of nitrogens with zero attached hydrogens (tertiary/aromatic N) is 2. The zero-order valence-electron chi connectivity index (χ0n) is 16.0. The van der Waals surface area contributed by atoms with Crippen molar-refractivity contribution in [3.63, 3.8) is 0 Å². The maximum absolute atomic E-state index is 12.2. The van der Waals surface area contributed by atoms with E-state index >= 15 is 0 Å². The number of carbonyl (C=O) groups excluding carboxylic acids is 1. The second kappa shape index (κ2) is 8.10. The van der Waals surface area contributed by atoms with Gasteiger partial charge >= 0.3 is 0 Å². The lowest BCUT2D eigenvalue weighted by atomic mass is 10.1. The van der Waals surface area contributed by atoms with E-state index in [2.05, 4.69) is 21.0 Å². The fourth-order valence-corrected chi connectivity index (χ4v) is 3.13. The van der Waals surface area contributed by atoms with Crippen LogP contribution in [-0.4, -0.2) is 35.1 Å². The van der Waals surface area contributed by atoms with Gasteiger partial charge in [-0.2, -0.15) is 5.01 Å². The third-order valence-corrected chi connectivity index (χ3v) is 4.48. The van der Waals surface area contributed by atoms with Crippen molar-refractivity contribution in [1.29, 1.82) is 0 Å². The summed E-state index contributed by atoms with van der Waals surface area (Å²) in [4.78, 5) is 12.2. The van der Waals surface area contributed by atoms with Gasteiger partial charge in [0.25, 0.3) is 0 Å². The maximum Gasteiger partial charge on any atom is 0.244 e. The van der Waals surface area contributed by atoms with Crippen LogP contribution in [0, 0.1) is 0 Å². The molecular weight excluding hydrogens is 428 g/mol. The average molecular weight is 449 g/mol. The molecule has 2 aromatic carbocycles. The third kappa shape index (κ3) is 4.06. The van der Waals surface area contributed by atoms with Gasteiger partial charge in [0.2, 0.25) is 18.0 Å². The van der Waals surface area contributed by atoms with Crippen molar-refractivity contribution in [2.45, 2.75) is 33.1 Å². The lowest BCUT2D eigenvalue weighted by Crippen LogP contribution is -2.25. The first-order valence-electron chi connectivity index (χ1n) is 8.68. The van der Waals surface area contributed by atoms with Gasteiger partial charge in [0.1, 0.15) is 5.75 Å². The van der Waals surface area contributed by atoms with Crippen LogP contribution in [0.2, 0.25) is 0 Å². The van der Waals surface area contributed by atoms with E-state index < -0.39 is 6.23 Å². The van der Waals surface area contributed by atoms with Gasteiger partial charge in [-0.3, -0.25) is 4.79 Å². The number of phenolic OH excluding ortho intramolecular Hbond substituents is 1. The van der Waals surface area contributed by atoms with Crippen LogP contribution in [-0.2, 0) is 9.53 Å². The number of methoxy groups -OCH3 is 1. The Morgan fingerprint density at radius 3 is 2.64 bits per heavy atom. The Labute approximate surface area is 171 Å². The fourth-order valence-electron chi connectivity index (χ4n) is 2.77. The predicted molar refractivity (Wildman–Crippen MR) is 107 cm³/mol. The highest BCUT2D eigenvalue weighted by Crippen LogP contribution is 2.37. The smallest absolute Gasteiger partial charge is 0.244 e. The van der Waals surface area contributed by atoms with Crippen molar-refractivity contribution in [1.82, 2.24) is 5.01 Å². The standard InChI is InChI=1S/C20H21BrN2O5/c1-11(2)27-17-8-6-14(21)10-15(17)19-22-23(12(3)24)20(28-19)13-5-7-16(25)18(9-13)26-4/h5-11,20,25H,1-4H3. The number of phenols is 1. The number of aromatic hydroxyl groups is 1. The molecule has 0 spiro atoms. The molecule has 28 heavy (non-hydrogen) atoms. The van der Waals surface area contributed by atoms with Crippen molar-refractivity contribution in [3.05, 3.63) is 52.0 Å². The van der Waals surface area contributed by atoms with E-state index in [4.69, 9.17) is 14.2 Å². The highest BCUT2D eigenvalue weighted by Gasteiger charge is 2.34. The Morgan fingerprint density at radius 1 is 1.25 bits per heavy atom. The molecular formula is C20H21BrN2O5. The van der Waals surface area contributed by atoms with Gasteiger partial charge in [-0.15, -0.1) is 5.10 Å². The largest absolute Gasteiger partial charge is 0.504 e. The number of hydrogen-bond donors (Lipinski definition) is 1. The van der Waals surface area contributed by atoms with Crippen LogP contribution in [0.5, 0.6) is 17.2 Å². The quantitative estimate of drug-likeness (QED) is 0.741. The van der Waals surface area contributed by atoms with Crippen LogP contribution >= 0.6 is 15.9 Å². The molecule has 1 heterocycles. The topological polar surface area (TPSA) is 80.6 Å². The second-order valence-electron chi connectivity index (χ2n) is 6.48. The molecule has 0 aliphatic carbocycles. The number of ether oxygens (including phenoxy) is 3. The van der Waals surface area contributed by atoms with Crippen molar-refractivity contribution >= 4 is 27.7 Å². The zero-order valence-corrected chi connectivity index (χ0v) is 17.6. The lowest BCUT2D eigenvalue weighted by Gasteiger charge is -2.20. The number of carbonyl (C=O) groups is 1. The summed E-state index contributed by atoms with van der Waals surface area (Å²) in [6, 6.07) is 10.3. The van der Waals surface area contributed by atoms with E-state index in [1.807, 2.05) is 32.0 Å². The monoisotopic (exact) mass is 448 g/mol. The highest BCUT2D eigenvalue weighted by molar-refractivity contribution is 9.10. The van der Waals surface area contributed by atoms with E-state index in [1.54, 1.807) is 12.1 Å². The third-order valence-electron chi connectivity index (χ3n) is 3.99. The van der Waals surface area contributed by atoms with Crippen molar-refractivity contribution in [3.8, 4) is 17.2 Å². The van der Waals surface area contributed by atoms with Crippen LogP contribution in [0.15, 0.2) is 46.0 Å². The molecule has 0 aromatic heterocycles. The van der Waals surface area contributed by atoms with Crippen LogP contribution in [0.25, 0.3) is 0 Å². The molecule has 0 bridgehead atoms. The summed E-state index contributed by atoms with van der Waals surface area (Å²) in [6.07, 6.45) is -0.823. The molecule has 1 unspecified atom stereocenters. The first-order chi connectivity index (χ1) is 13.3. The molecule has 3 rings (SSSR count). The van der Waals surface area contributed by atoms with Crippen molar-refractivity contribution in [2.24, 2.45) is 5.10 Å². The maximum atomic E-state index is 12.2. The molecule has 0 radical (unpaired) electrons. The molecule has 1 N–H and O–H groups in total. The summed E-state index contributed by atoms with van der Waals surface area (Å²) in [5.41, 5.74) is 1.24. The summed E-state index contributed by atoms with van der Waals surface area (Å²) in [7, 11) is 1.45. The Morgan fingerprint density at radius 2 is 2.00 bits per heavy atom. The summed E-state index contributed by atoms with van der Waals surface area (Å²) in [5, 5.41) is 15.5. The minimum Gasteiger partial charge on any atom is -0.504 e. The van der Waals surface area contributed by atoms with Crippen LogP contribution in [0.3, 0.4) is 0 Å². The van der Waals surface area contributed by atoms with E-state index in [0.29, 0.717) is 16.9 Å². The Bertz CT molecular complexity index is 929. The molecule has 1 amide bonds. The fraction of sp³-hybridized carbons (Fsp3) is 0.300. The molecule has 0 saturated heterocycles. The van der Waals surface area contributed by atoms with Gasteiger partial charge in [-0.25, -0.2) is 0 Å². The summed E-state index contributed by atoms with van der Waals surface area (Å²) < 4.78 is 17.9. The van der Waals surface area contributed by atoms with Crippen molar-refractivity contribution < 1.29 is 24.1 Å². The SMILES string of the molecule is COc1cc(C2OC(c3cc(Br)ccc3OC(C)C)=NN2C(C)=O)ccc1O. The van der Waals surface area contributed by atoms with Crippen LogP contribution in [0.1, 0.15) is 38.1 Å². The van der Waals surface area contributed by atoms with E-state index in [0.717, 1.165) is 4.47 Å². The molecule has 0 fully saturated rings. The number of amides is 1. The summed E-state index contributed by atoms with van der Waals surface area (Å²) in [6.45, 7) is 5.26. The molecule has 7 nitrogen and oxygen atoms in total. The minimum atomic E-state index is -0.784. The van der Waals surface area contributed by atoms with E-state index in [1.165, 1.54) is 25.1 Å². The average Bonchev–Trinajstić information content (AvgIpc) is 3.09. The number of rotatable bonds is 5. The summed E-state index contributed by atoms with van der Waals surface area (Å²) in [5.74, 6) is 0.866. The van der Waals surface area contributed by atoms with Crippen molar-refractivity contribution in [2.75, 3.05) is 7.11 Å². The molecule has 1 aliphatic rings. The zero-order chi connectivity index (χ0) is 20.4. The Balaban J connectivity index is 2.01. The van der Waals surface area contributed by atoms with Crippen LogP contribution < -0.4 is 9.47 Å². The molecule has 2 aromatic rings. The van der Waals surface area contributed by atoms with Gasteiger partial charge in [0.15, 0.2) is 11.5 Å². The predicted octanol–water partition coefficient (Wildman–Crippen LogP) is 4.19. The normalized spacial score (nSPS) is 16.0. The van der Waals surface area contributed by atoms with Gasteiger partial charge in [-0.1, -0.05) is 15.9 Å². The molecule has 1 aliphatic heterocycles. The Hall–Kier alpha value is -2.74. The number of benzene rings is 2. The van der Waals surface area contributed by atoms with E-state index in [9.17, 15) is 9.90 Å². The van der Waals surface area contributed by atoms with Gasteiger partial charge in [0, 0.05) is 17.0 Å². The van der Waals surface area contributed by atoms with Gasteiger partial charge in [-0.05, 0) is 50.2 Å². The van der Waals surface area contributed by atoms with Gasteiger partial charge in [0.05, 0.1) is 18.8 Å².